The lowest BCUT2D eigenvalue weighted by Gasteiger charge is -2.39. The van der Waals surface area contributed by atoms with Crippen LogP contribution in [0.1, 0.15) is 71.3 Å². The standard InChI is InChI=1S/C29H25F6N5O4/c1-2-20-12-23(21-11-18(28(30,31)32)4-5-24(21)40(20)27(43)44)39-26-37-14-17(3-6-25(41)42)22(38-26)10-15-7-16(13-36)9-19(8-15)29(33,34)35/h4-5,7-9,11,14,20,23H,2-3,6,10,12H2,1H3,(H,41,42)(H,43,44)(H,37,38,39)/t20-,23+/m1/s1. The van der Waals surface area contributed by atoms with Crippen molar-refractivity contribution >= 4 is 23.7 Å². The number of aromatic nitrogens is 2. The predicted molar refractivity (Wildman–Crippen MR) is 144 cm³/mol. The third-order valence-electron chi connectivity index (χ3n) is 7.23. The largest absolute Gasteiger partial charge is 0.481 e. The zero-order valence-corrected chi connectivity index (χ0v) is 23.0. The molecule has 3 aromatic rings. The average molecular weight is 622 g/mol. The third-order valence-corrected chi connectivity index (χ3v) is 7.23. The monoisotopic (exact) mass is 621 g/mol. The van der Waals surface area contributed by atoms with Crippen LogP contribution >= 0.6 is 0 Å². The number of aryl methyl sites for hydroxylation is 1. The van der Waals surface area contributed by atoms with Gasteiger partial charge < -0.3 is 15.5 Å². The number of hydrogen-bond acceptors (Lipinski definition) is 6. The number of carbonyl (C=O) groups is 2. The molecule has 1 amide bonds. The Kier molecular flexibility index (Phi) is 9.03. The number of benzene rings is 2. The Hall–Kier alpha value is -4.87. The average Bonchev–Trinajstić information content (AvgIpc) is 2.94. The first-order chi connectivity index (χ1) is 20.6. The molecule has 0 saturated heterocycles. The topological polar surface area (TPSA) is 139 Å². The Bertz CT molecular complexity index is 1620. The van der Waals surface area contributed by atoms with Gasteiger partial charge in [-0.1, -0.05) is 6.92 Å². The Morgan fingerprint density at radius 3 is 2.36 bits per heavy atom. The van der Waals surface area contributed by atoms with Gasteiger partial charge in [-0.05, 0) is 72.4 Å². The molecule has 232 valence electrons. The fourth-order valence-electron chi connectivity index (χ4n) is 5.16. The summed E-state index contributed by atoms with van der Waals surface area (Å²) in [5, 5.41) is 31.2. The molecule has 0 unspecified atom stereocenters. The number of alkyl halides is 6. The Balaban J connectivity index is 1.77. The Morgan fingerprint density at radius 2 is 1.77 bits per heavy atom. The SMILES string of the molecule is CC[C@@H]1C[C@H](Nc2ncc(CCC(=O)O)c(Cc3cc(C#N)cc(C(F)(F)F)c3)n2)c2cc(C(F)(F)F)ccc2N1C(=O)O. The van der Waals surface area contributed by atoms with E-state index in [-0.39, 0.29) is 59.7 Å². The molecule has 0 fully saturated rings. The van der Waals surface area contributed by atoms with Gasteiger partial charge in [0.15, 0.2) is 0 Å². The fourth-order valence-corrected chi connectivity index (χ4v) is 5.16. The second-order valence-corrected chi connectivity index (χ2v) is 10.2. The first kappa shape index (κ1) is 32.1. The molecule has 15 heteroatoms. The zero-order chi connectivity index (χ0) is 32.4. The minimum Gasteiger partial charge on any atom is -0.481 e. The van der Waals surface area contributed by atoms with Crippen molar-refractivity contribution in [3.63, 3.8) is 0 Å². The lowest BCUT2D eigenvalue weighted by atomic mass is 9.89. The van der Waals surface area contributed by atoms with Crippen LogP contribution in [0, 0.1) is 11.3 Å². The van der Waals surface area contributed by atoms with Gasteiger partial charge in [-0.2, -0.15) is 31.6 Å². The van der Waals surface area contributed by atoms with E-state index in [0.29, 0.717) is 18.1 Å². The van der Waals surface area contributed by atoms with Crippen LogP contribution in [0.4, 0.5) is 42.8 Å². The number of fused-ring (bicyclic) bond motifs is 1. The second-order valence-electron chi connectivity index (χ2n) is 10.2. The van der Waals surface area contributed by atoms with E-state index in [4.69, 9.17) is 5.11 Å². The van der Waals surface area contributed by atoms with Gasteiger partial charge in [0.25, 0.3) is 0 Å². The summed E-state index contributed by atoms with van der Waals surface area (Å²) in [6.45, 7) is 1.73. The van der Waals surface area contributed by atoms with E-state index in [0.717, 1.165) is 29.2 Å². The fraction of sp³-hybridized carbons (Fsp3) is 0.345. The van der Waals surface area contributed by atoms with E-state index in [1.807, 2.05) is 0 Å². The summed E-state index contributed by atoms with van der Waals surface area (Å²) in [7, 11) is 0. The van der Waals surface area contributed by atoms with Gasteiger partial charge in [0.05, 0.1) is 40.2 Å². The number of aliphatic carboxylic acids is 1. The molecule has 4 rings (SSSR count). The van der Waals surface area contributed by atoms with Crippen molar-refractivity contribution in [3.8, 4) is 6.07 Å². The molecule has 2 atom stereocenters. The lowest BCUT2D eigenvalue weighted by molar-refractivity contribution is -0.138. The number of hydrogen-bond donors (Lipinski definition) is 3. The maximum Gasteiger partial charge on any atom is 0.416 e. The summed E-state index contributed by atoms with van der Waals surface area (Å²) < 4.78 is 81.2. The number of halogens is 6. The molecule has 0 aliphatic carbocycles. The van der Waals surface area contributed by atoms with Gasteiger partial charge in [0, 0.05) is 25.1 Å². The van der Waals surface area contributed by atoms with Gasteiger partial charge >= 0.3 is 24.4 Å². The normalized spacial score (nSPS) is 16.6. The molecule has 9 nitrogen and oxygen atoms in total. The predicted octanol–water partition coefficient (Wildman–Crippen LogP) is 6.81. The van der Waals surface area contributed by atoms with Crippen LogP contribution in [0.5, 0.6) is 0 Å². The van der Waals surface area contributed by atoms with Crippen LogP contribution in [0.2, 0.25) is 0 Å². The van der Waals surface area contributed by atoms with E-state index in [1.54, 1.807) is 13.0 Å². The van der Waals surface area contributed by atoms with Crippen molar-refractivity contribution in [1.29, 1.82) is 5.26 Å². The van der Waals surface area contributed by atoms with Crippen molar-refractivity contribution in [1.82, 2.24) is 9.97 Å². The van der Waals surface area contributed by atoms with Crippen LogP contribution in [-0.2, 0) is 30.0 Å². The van der Waals surface area contributed by atoms with E-state index in [9.17, 15) is 46.3 Å². The van der Waals surface area contributed by atoms with E-state index in [1.165, 1.54) is 12.3 Å². The summed E-state index contributed by atoms with van der Waals surface area (Å²) in [6, 6.07) is 5.70. The maximum absolute atomic E-state index is 13.6. The van der Waals surface area contributed by atoms with Crippen molar-refractivity contribution in [3.05, 3.63) is 81.7 Å². The van der Waals surface area contributed by atoms with Crippen molar-refractivity contribution < 1.29 is 46.1 Å². The molecule has 0 radical (unpaired) electrons. The highest BCUT2D eigenvalue weighted by molar-refractivity contribution is 5.89. The number of carboxylic acids is 1. The molecule has 1 aliphatic rings. The highest BCUT2D eigenvalue weighted by Gasteiger charge is 2.39. The zero-order valence-electron chi connectivity index (χ0n) is 23.0. The maximum atomic E-state index is 13.6. The molecule has 0 saturated carbocycles. The first-order valence-corrected chi connectivity index (χ1v) is 13.3. The van der Waals surface area contributed by atoms with Crippen LogP contribution in [-0.4, -0.2) is 38.3 Å². The smallest absolute Gasteiger partial charge is 0.416 e. The molecule has 44 heavy (non-hydrogen) atoms. The van der Waals surface area contributed by atoms with Gasteiger partial charge in [-0.3, -0.25) is 9.69 Å². The summed E-state index contributed by atoms with van der Waals surface area (Å²) in [4.78, 5) is 32.9. The number of nitrogens with one attached hydrogen (secondary N) is 1. The molecule has 1 aliphatic heterocycles. The molecule has 0 spiro atoms. The number of amides is 1. The van der Waals surface area contributed by atoms with Crippen molar-refractivity contribution in [2.24, 2.45) is 0 Å². The minimum absolute atomic E-state index is 0.0311. The number of rotatable bonds is 8. The lowest BCUT2D eigenvalue weighted by Crippen LogP contribution is -2.45. The molecule has 2 heterocycles. The molecule has 2 aromatic carbocycles. The van der Waals surface area contributed by atoms with Crippen LogP contribution < -0.4 is 10.2 Å². The van der Waals surface area contributed by atoms with E-state index < -0.39 is 47.6 Å². The third kappa shape index (κ3) is 7.19. The molecule has 0 bridgehead atoms. The molecular formula is C29H25F6N5O4. The number of carboxylic acid groups (broad SMARTS) is 2. The minimum atomic E-state index is -4.74. The van der Waals surface area contributed by atoms with Gasteiger partial charge in [0.2, 0.25) is 5.95 Å². The van der Waals surface area contributed by atoms with Crippen LogP contribution in [0.25, 0.3) is 0 Å². The summed E-state index contributed by atoms with van der Waals surface area (Å²) in [5.41, 5.74) is -1.70. The van der Waals surface area contributed by atoms with E-state index >= 15 is 0 Å². The Labute approximate surface area is 246 Å². The summed E-state index contributed by atoms with van der Waals surface area (Å²) >= 11 is 0. The highest BCUT2D eigenvalue weighted by atomic mass is 19.4. The number of anilines is 2. The second kappa shape index (κ2) is 12.4. The quantitative estimate of drug-likeness (QED) is 0.233. The van der Waals surface area contributed by atoms with Crippen molar-refractivity contribution in [2.45, 2.75) is 63.5 Å². The summed E-state index contributed by atoms with van der Waals surface area (Å²) in [5.74, 6) is -1.25. The number of nitrogens with zero attached hydrogens (tertiary/aromatic N) is 4. The van der Waals surface area contributed by atoms with Gasteiger partial charge in [0.1, 0.15) is 0 Å². The molecular weight excluding hydrogens is 596 g/mol. The van der Waals surface area contributed by atoms with E-state index in [2.05, 4.69) is 15.3 Å². The number of nitriles is 1. The Morgan fingerprint density at radius 1 is 1.07 bits per heavy atom. The highest BCUT2D eigenvalue weighted by Crippen LogP contribution is 2.43. The summed E-state index contributed by atoms with van der Waals surface area (Å²) in [6.07, 6.45) is -9.77. The van der Waals surface area contributed by atoms with Crippen molar-refractivity contribution in [2.75, 3.05) is 10.2 Å². The molecule has 1 aromatic heterocycles. The molecule has 3 N–H and O–H groups in total. The van der Waals surface area contributed by atoms with Gasteiger partial charge in [-0.15, -0.1) is 0 Å². The first-order valence-electron chi connectivity index (χ1n) is 13.3. The van der Waals surface area contributed by atoms with Crippen LogP contribution in [0.3, 0.4) is 0 Å². The van der Waals surface area contributed by atoms with Crippen LogP contribution in [0.15, 0.2) is 42.6 Å². The van der Waals surface area contributed by atoms with Gasteiger partial charge in [-0.25, -0.2) is 14.8 Å².